The maximum absolute atomic E-state index is 10.4. The minimum Gasteiger partial charge on any atom is -0.258 e. The minimum absolute atomic E-state index is 0.0263. The number of pyridine rings is 1. The van der Waals surface area contributed by atoms with Gasteiger partial charge in [0.15, 0.2) is 0 Å². The fourth-order valence-corrected chi connectivity index (χ4v) is 0.938. The van der Waals surface area contributed by atoms with Gasteiger partial charge in [-0.05, 0) is 19.9 Å². The molecule has 0 saturated carbocycles. The van der Waals surface area contributed by atoms with Crippen molar-refractivity contribution in [1.29, 1.82) is 0 Å². The Balaban J connectivity index is 3.07. The molecule has 72 valence electrons. The first-order chi connectivity index (χ1) is 6.47. The summed E-state index contributed by atoms with van der Waals surface area (Å²) in [5.41, 5.74) is 0.141. The summed E-state index contributed by atoms with van der Waals surface area (Å²) in [5, 5.41) is 10.4. The second-order valence-electron chi connectivity index (χ2n) is 3.43. The SMILES string of the molecule is C#CC(C)(C)c1ccc([N+](=O)[O-])cn1. The third kappa shape index (κ3) is 1.88. The van der Waals surface area contributed by atoms with E-state index < -0.39 is 10.3 Å². The number of hydrogen-bond donors (Lipinski definition) is 0. The van der Waals surface area contributed by atoms with Crippen LogP contribution in [0.5, 0.6) is 0 Å². The molecule has 1 aromatic heterocycles. The van der Waals surface area contributed by atoms with Crippen LogP contribution in [-0.2, 0) is 5.41 Å². The molecular weight excluding hydrogens is 180 g/mol. The molecule has 0 aliphatic heterocycles. The number of aromatic nitrogens is 1. The molecule has 4 nitrogen and oxygen atoms in total. The van der Waals surface area contributed by atoms with Crippen LogP contribution >= 0.6 is 0 Å². The number of hydrogen-bond acceptors (Lipinski definition) is 3. The van der Waals surface area contributed by atoms with E-state index in [9.17, 15) is 10.1 Å². The van der Waals surface area contributed by atoms with Crippen molar-refractivity contribution in [1.82, 2.24) is 4.98 Å². The third-order valence-corrected chi connectivity index (χ3v) is 1.96. The largest absolute Gasteiger partial charge is 0.287 e. The van der Waals surface area contributed by atoms with E-state index >= 15 is 0 Å². The zero-order valence-electron chi connectivity index (χ0n) is 8.02. The molecule has 0 radical (unpaired) electrons. The lowest BCUT2D eigenvalue weighted by Crippen LogP contribution is -2.15. The van der Waals surface area contributed by atoms with E-state index in [1.54, 1.807) is 6.07 Å². The monoisotopic (exact) mass is 190 g/mol. The Hall–Kier alpha value is -1.89. The van der Waals surface area contributed by atoms with Gasteiger partial charge in [0.2, 0.25) is 0 Å². The molecule has 1 heterocycles. The highest BCUT2D eigenvalue weighted by molar-refractivity contribution is 5.32. The second kappa shape index (κ2) is 3.46. The van der Waals surface area contributed by atoms with Gasteiger partial charge in [-0.15, -0.1) is 6.42 Å². The van der Waals surface area contributed by atoms with Gasteiger partial charge in [0, 0.05) is 6.07 Å². The molecule has 0 saturated heterocycles. The molecule has 0 bridgehead atoms. The quantitative estimate of drug-likeness (QED) is 0.406. The van der Waals surface area contributed by atoms with Crippen molar-refractivity contribution in [2.45, 2.75) is 19.3 Å². The number of nitro groups is 1. The average molecular weight is 190 g/mol. The highest BCUT2D eigenvalue weighted by Crippen LogP contribution is 2.21. The van der Waals surface area contributed by atoms with Gasteiger partial charge in [0.1, 0.15) is 6.20 Å². The first-order valence-electron chi connectivity index (χ1n) is 4.06. The Kier molecular flexibility index (Phi) is 2.52. The summed E-state index contributed by atoms with van der Waals surface area (Å²) in [6, 6.07) is 2.99. The lowest BCUT2D eigenvalue weighted by Gasteiger charge is -2.15. The summed E-state index contributed by atoms with van der Waals surface area (Å²) in [6.07, 6.45) is 6.53. The zero-order valence-corrected chi connectivity index (χ0v) is 8.02. The van der Waals surface area contributed by atoms with Crippen molar-refractivity contribution in [3.8, 4) is 12.3 Å². The van der Waals surface area contributed by atoms with Gasteiger partial charge >= 0.3 is 0 Å². The van der Waals surface area contributed by atoms with E-state index in [4.69, 9.17) is 6.42 Å². The predicted molar refractivity (Wildman–Crippen MR) is 52.8 cm³/mol. The fourth-order valence-electron chi connectivity index (χ4n) is 0.938. The molecule has 0 aliphatic carbocycles. The maximum atomic E-state index is 10.4. The highest BCUT2D eigenvalue weighted by atomic mass is 16.6. The smallest absolute Gasteiger partial charge is 0.258 e. The minimum atomic E-state index is -0.491. The second-order valence-corrected chi connectivity index (χ2v) is 3.43. The normalized spacial score (nSPS) is 10.6. The van der Waals surface area contributed by atoms with E-state index in [-0.39, 0.29) is 5.69 Å². The van der Waals surface area contributed by atoms with Crippen molar-refractivity contribution in [2.24, 2.45) is 0 Å². The van der Waals surface area contributed by atoms with Crippen LogP contribution in [0, 0.1) is 22.5 Å². The van der Waals surface area contributed by atoms with Crippen molar-refractivity contribution in [3.05, 3.63) is 34.1 Å². The van der Waals surface area contributed by atoms with Crippen LogP contribution in [0.1, 0.15) is 19.5 Å². The molecule has 4 heteroatoms. The van der Waals surface area contributed by atoms with E-state index in [2.05, 4.69) is 10.9 Å². The van der Waals surface area contributed by atoms with Gasteiger partial charge < -0.3 is 0 Å². The molecule has 0 aliphatic rings. The molecule has 0 aromatic carbocycles. The molecule has 0 amide bonds. The Morgan fingerprint density at radius 2 is 2.21 bits per heavy atom. The van der Waals surface area contributed by atoms with Gasteiger partial charge in [-0.1, -0.05) is 5.92 Å². The Labute approximate surface area is 82.1 Å². The van der Waals surface area contributed by atoms with Crippen LogP contribution in [-0.4, -0.2) is 9.91 Å². The van der Waals surface area contributed by atoms with Crippen molar-refractivity contribution >= 4 is 5.69 Å². The molecule has 1 rings (SSSR count). The van der Waals surface area contributed by atoms with Crippen molar-refractivity contribution in [2.75, 3.05) is 0 Å². The molecule has 0 atom stereocenters. The Bertz CT molecular complexity index is 388. The van der Waals surface area contributed by atoms with Crippen LogP contribution in [0.15, 0.2) is 18.3 Å². The number of rotatable bonds is 2. The van der Waals surface area contributed by atoms with Gasteiger partial charge in [-0.3, -0.25) is 15.1 Å². The molecule has 0 fully saturated rings. The van der Waals surface area contributed by atoms with Crippen LogP contribution in [0.25, 0.3) is 0 Å². The third-order valence-electron chi connectivity index (χ3n) is 1.96. The topological polar surface area (TPSA) is 56.0 Å². The van der Waals surface area contributed by atoms with E-state index in [0.717, 1.165) is 0 Å². The van der Waals surface area contributed by atoms with E-state index in [1.807, 2.05) is 13.8 Å². The summed E-state index contributed by atoms with van der Waals surface area (Å²) in [7, 11) is 0. The Morgan fingerprint density at radius 1 is 1.57 bits per heavy atom. The lowest BCUT2D eigenvalue weighted by atomic mass is 9.90. The first-order valence-corrected chi connectivity index (χ1v) is 4.06. The van der Waals surface area contributed by atoms with Crippen LogP contribution in [0.4, 0.5) is 5.69 Å². The van der Waals surface area contributed by atoms with Gasteiger partial charge in [-0.2, -0.15) is 0 Å². The van der Waals surface area contributed by atoms with Crippen molar-refractivity contribution < 1.29 is 4.92 Å². The number of terminal acetylenes is 1. The van der Waals surface area contributed by atoms with Gasteiger partial charge in [0.05, 0.1) is 16.0 Å². The molecule has 0 unspecified atom stereocenters. The van der Waals surface area contributed by atoms with Gasteiger partial charge in [-0.25, -0.2) is 0 Å². The van der Waals surface area contributed by atoms with Crippen LogP contribution in [0.2, 0.25) is 0 Å². The molecule has 0 spiro atoms. The van der Waals surface area contributed by atoms with Crippen molar-refractivity contribution in [3.63, 3.8) is 0 Å². The molecule has 14 heavy (non-hydrogen) atoms. The zero-order chi connectivity index (χ0) is 10.8. The highest BCUT2D eigenvalue weighted by Gasteiger charge is 2.19. The van der Waals surface area contributed by atoms with Gasteiger partial charge in [0.25, 0.3) is 5.69 Å². The summed E-state index contributed by atoms with van der Waals surface area (Å²) in [6.45, 7) is 3.67. The first kappa shape index (κ1) is 10.2. The number of nitrogens with zero attached hydrogens (tertiary/aromatic N) is 2. The van der Waals surface area contributed by atoms with E-state index in [0.29, 0.717) is 5.69 Å². The summed E-state index contributed by atoms with van der Waals surface area (Å²) in [4.78, 5) is 13.8. The molecule has 0 N–H and O–H groups in total. The summed E-state index contributed by atoms with van der Waals surface area (Å²) >= 11 is 0. The Morgan fingerprint density at radius 3 is 2.57 bits per heavy atom. The van der Waals surface area contributed by atoms with Crippen LogP contribution < -0.4 is 0 Å². The lowest BCUT2D eigenvalue weighted by molar-refractivity contribution is -0.385. The molecule has 1 aromatic rings. The fraction of sp³-hybridized carbons (Fsp3) is 0.300. The predicted octanol–water partition coefficient (Wildman–Crippen LogP) is 1.90. The average Bonchev–Trinajstić information content (AvgIpc) is 2.18. The van der Waals surface area contributed by atoms with E-state index in [1.165, 1.54) is 12.3 Å². The summed E-state index contributed by atoms with van der Waals surface area (Å²) in [5.74, 6) is 2.57. The maximum Gasteiger partial charge on any atom is 0.287 e. The summed E-state index contributed by atoms with van der Waals surface area (Å²) < 4.78 is 0. The van der Waals surface area contributed by atoms with Crippen LogP contribution in [0.3, 0.4) is 0 Å². The molecular formula is C10H10N2O2. The standard InChI is InChI=1S/C10H10N2O2/c1-4-10(2,3)9-6-5-8(7-11-9)12(13)14/h1,5-7H,2-3H3.